The van der Waals surface area contributed by atoms with Crippen molar-refractivity contribution in [2.24, 2.45) is 5.73 Å². The van der Waals surface area contributed by atoms with Gasteiger partial charge in [-0.15, -0.1) is 0 Å². The quantitative estimate of drug-likeness (QED) is 0.753. The molecule has 17 heavy (non-hydrogen) atoms. The third-order valence-electron chi connectivity index (χ3n) is 3.77. The van der Waals surface area contributed by atoms with Crippen LogP contribution in [0.5, 0.6) is 0 Å². The van der Waals surface area contributed by atoms with Gasteiger partial charge < -0.3 is 16.0 Å². The summed E-state index contributed by atoms with van der Waals surface area (Å²) in [5.41, 5.74) is 5.30. The Morgan fingerprint density at radius 2 is 1.76 bits per heavy atom. The summed E-state index contributed by atoms with van der Waals surface area (Å²) in [4.78, 5) is 24.8. The molecular formula is C12H21N3O2. The summed E-state index contributed by atoms with van der Waals surface area (Å²) < 4.78 is 0. The molecule has 5 nitrogen and oxygen atoms in total. The van der Waals surface area contributed by atoms with Gasteiger partial charge in [0, 0.05) is 12.6 Å². The summed E-state index contributed by atoms with van der Waals surface area (Å²) >= 11 is 0. The highest BCUT2D eigenvalue weighted by atomic mass is 16.2. The fraction of sp³-hybridized carbons (Fsp3) is 0.833. The number of urea groups is 1. The first-order valence-electron chi connectivity index (χ1n) is 6.55. The van der Waals surface area contributed by atoms with E-state index in [1.165, 1.54) is 19.3 Å². The van der Waals surface area contributed by atoms with Crippen LogP contribution in [0.25, 0.3) is 0 Å². The number of hydrogen-bond acceptors (Lipinski definition) is 2. The second kappa shape index (κ2) is 5.38. The van der Waals surface area contributed by atoms with Gasteiger partial charge in [0.15, 0.2) is 0 Å². The van der Waals surface area contributed by atoms with Crippen molar-refractivity contribution in [1.29, 1.82) is 0 Å². The summed E-state index contributed by atoms with van der Waals surface area (Å²) in [6, 6.07) is -0.234. The van der Waals surface area contributed by atoms with Crippen molar-refractivity contribution in [1.82, 2.24) is 10.2 Å². The maximum Gasteiger partial charge on any atom is 0.318 e. The number of carbonyl (C=O) groups is 2. The van der Waals surface area contributed by atoms with Crippen LogP contribution in [0, 0.1) is 0 Å². The molecule has 0 spiro atoms. The van der Waals surface area contributed by atoms with Gasteiger partial charge in [-0.25, -0.2) is 4.79 Å². The molecule has 0 aromatic rings. The summed E-state index contributed by atoms with van der Waals surface area (Å²) in [6.45, 7) is 0.645. The van der Waals surface area contributed by atoms with Crippen molar-refractivity contribution in [2.45, 2.75) is 57.0 Å². The minimum Gasteiger partial charge on any atom is -0.368 e. The van der Waals surface area contributed by atoms with E-state index in [1.807, 2.05) is 0 Å². The number of rotatable bonds is 2. The average molecular weight is 239 g/mol. The summed E-state index contributed by atoms with van der Waals surface area (Å²) in [5.74, 6) is -0.388. The van der Waals surface area contributed by atoms with Crippen molar-refractivity contribution in [3.05, 3.63) is 0 Å². The Bertz CT molecular complexity index is 300. The molecule has 5 heteroatoms. The number of carbonyl (C=O) groups excluding carboxylic acids is 2. The van der Waals surface area contributed by atoms with Gasteiger partial charge in [0.05, 0.1) is 0 Å². The fourth-order valence-corrected chi connectivity index (χ4v) is 2.81. The molecule has 3 N–H and O–H groups in total. The SMILES string of the molecule is NC(=O)C1CCCN1C(=O)NC1CCCCC1. The molecule has 1 saturated carbocycles. The molecule has 2 aliphatic rings. The molecule has 3 amide bonds. The number of amides is 3. The lowest BCUT2D eigenvalue weighted by Gasteiger charge is -2.28. The number of likely N-dealkylation sites (tertiary alicyclic amines) is 1. The standard InChI is InChI=1S/C12H21N3O2/c13-11(16)10-7-4-8-15(10)12(17)14-9-5-2-1-3-6-9/h9-10H,1-8H2,(H2,13,16)(H,14,17). The van der Waals surface area contributed by atoms with Crippen LogP contribution < -0.4 is 11.1 Å². The third-order valence-corrected chi connectivity index (χ3v) is 3.77. The third kappa shape index (κ3) is 2.90. The molecule has 2 fully saturated rings. The molecule has 96 valence electrons. The molecule has 0 bridgehead atoms. The minimum absolute atomic E-state index is 0.113. The fourth-order valence-electron chi connectivity index (χ4n) is 2.81. The van der Waals surface area contributed by atoms with E-state index in [1.54, 1.807) is 4.90 Å². The molecule has 1 unspecified atom stereocenters. The van der Waals surface area contributed by atoms with Crippen molar-refractivity contribution < 1.29 is 9.59 Å². The average Bonchev–Trinajstić information content (AvgIpc) is 2.79. The Hall–Kier alpha value is -1.26. The second-order valence-electron chi connectivity index (χ2n) is 5.04. The first-order chi connectivity index (χ1) is 8.18. The minimum atomic E-state index is -0.404. The van der Waals surface area contributed by atoms with Gasteiger partial charge in [0.1, 0.15) is 6.04 Å². The number of nitrogens with one attached hydrogen (secondary N) is 1. The molecule has 1 aliphatic carbocycles. The molecule has 2 rings (SSSR count). The Labute approximate surface area is 102 Å². The van der Waals surface area contributed by atoms with E-state index in [-0.39, 0.29) is 18.0 Å². The molecular weight excluding hydrogens is 218 g/mol. The Balaban J connectivity index is 1.88. The smallest absolute Gasteiger partial charge is 0.318 e. The van der Waals surface area contributed by atoms with Crippen molar-refractivity contribution in [3.63, 3.8) is 0 Å². The van der Waals surface area contributed by atoms with Crippen molar-refractivity contribution in [2.75, 3.05) is 6.54 Å². The number of primary amides is 1. The molecule has 1 saturated heterocycles. The van der Waals surface area contributed by atoms with E-state index >= 15 is 0 Å². The van der Waals surface area contributed by atoms with Crippen LogP contribution in [0.4, 0.5) is 4.79 Å². The number of hydrogen-bond donors (Lipinski definition) is 2. The topological polar surface area (TPSA) is 75.4 Å². The highest BCUT2D eigenvalue weighted by Crippen LogP contribution is 2.20. The van der Waals surface area contributed by atoms with Gasteiger partial charge in [0.2, 0.25) is 5.91 Å². The van der Waals surface area contributed by atoms with E-state index in [0.717, 1.165) is 19.3 Å². The normalized spacial score (nSPS) is 25.9. The predicted molar refractivity (Wildman–Crippen MR) is 64.3 cm³/mol. The van der Waals surface area contributed by atoms with Gasteiger partial charge in [-0.05, 0) is 25.7 Å². The molecule has 1 heterocycles. The highest BCUT2D eigenvalue weighted by Gasteiger charge is 2.33. The largest absolute Gasteiger partial charge is 0.368 e. The Morgan fingerprint density at radius 1 is 1.06 bits per heavy atom. The molecule has 1 atom stereocenters. The summed E-state index contributed by atoms with van der Waals surface area (Å²) in [7, 11) is 0. The zero-order valence-electron chi connectivity index (χ0n) is 10.2. The maximum atomic E-state index is 12.0. The molecule has 0 aromatic carbocycles. The first-order valence-corrected chi connectivity index (χ1v) is 6.55. The number of nitrogens with zero attached hydrogens (tertiary/aromatic N) is 1. The van der Waals surface area contributed by atoms with E-state index in [2.05, 4.69) is 5.32 Å². The lowest BCUT2D eigenvalue weighted by Crippen LogP contribution is -2.50. The Kier molecular flexibility index (Phi) is 3.86. The van der Waals surface area contributed by atoms with Crippen LogP contribution in [0.15, 0.2) is 0 Å². The van der Waals surface area contributed by atoms with Crippen LogP contribution in [-0.2, 0) is 4.79 Å². The first kappa shape index (κ1) is 12.2. The van der Waals surface area contributed by atoms with Gasteiger partial charge in [-0.3, -0.25) is 4.79 Å². The Morgan fingerprint density at radius 3 is 2.41 bits per heavy atom. The van der Waals surface area contributed by atoms with E-state index in [0.29, 0.717) is 13.0 Å². The second-order valence-corrected chi connectivity index (χ2v) is 5.04. The lowest BCUT2D eigenvalue weighted by molar-refractivity contribution is -0.121. The highest BCUT2D eigenvalue weighted by molar-refractivity contribution is 5.86. The van der Waals surface area contributed by atoms with E-state index < -0.39 is 6.04 Å². The van der Waals surface area contributed by atoms with Crippen molar-refractivity contribution >= 4 is 11.9 Å². The van der Waals surface area contributed by atoms with Crippen molar-refractivity contribution in [3.8, 4) is 0 Å². The monoisotopic (exact) mass is 239 g/mol. The molecule has 0 aromatic heterocycles. The zero-order valence-corrected chi connectivity index (χ0v) is 10.2. The van der Waals surface area contributed by atoms with Crippen LogP contribution in [0.3, 0.4) is 0 Å². The molecule has 1 aliphatic heterocycles. The van der Waals surface area contributed by atoms with Crippen LogP contribution >= 0.6 is 0 Å². The van der Waals surface area contributed by atoms with Gasteiger partial charge in [-0.2, -0.15) is 0 Å². The van der Waals surface area contributed by atoms with E-state index in [4.69, 9.17) is 5.73 Å². The lowest BCUT2D eigenvalue weighted by atomic mass is 9.96. The predicted octanol–water partition coefficient (Wildman–Crippen LogP) is 0.978. The van der Waals surface area contributed by atoms with E-state index in [9.17, 15) is 9.59 Å². The van der Waals surface area contributed by atoms with Gasteiger partial charge in [0.25, 0.3) is 0 Å². The maximum absolute atomic E-state index is 12.0. The van der Waals surface area contributed by atoms with Crippen LogP contribution in [0.2, 0.25) is 0 Å². The van der Waals surface area contributed by atoms with Gasteiger partial charge in [-0.1, -0.05) is 19.3 Å². The molecule has 0 radical (unpaired) electrons. The summed E-state index contributed by atoms with van der Waals surface area (Å²) in [5, 5.41) is 3.02. The van der Waals surface area contributed by atoms with Crippen LogP contribution in [-0.4, -0.2) is 35.5 Å². The van der Waals surface area contributed by atoms with Gasteiger partial charge >= 0.3 is 6.03 Å². The zero-order chi connectivity index (χ0) is 12.3. The number of nitrogens with two attached hydrogens (primary N) is 1. The summed E-state index contributed by atoms with van der Waals surface area (Å²) in [6.07, 6.45) is 7.31. The van der Waals surface area contributed by atoms with Crippen LogP contribution in [0.1, 0.15) is 44.9 Å².